The van der Waals surface area contributed by atoms with Gasteiger partial charge in [0.15, 0.2) is 0 Å². The monoisotopic (exact) mass is 292 g/mol. The van der Waals surface area contributed by atoms with Gasteiger partial charge in [-0.3, -0.25) is 4.79 Å². The van der Waals surface area contributed by atoms with Crippen LogP contribution in [0, 0.1) is 6.92 Å². The number of aryl methyl sites for hydroxylation is 2. The lowest BCUT2D eigenvalue weighted by molar-refractivity contribution is 1.04. The smallest absolute Gasteiger partial charge is 0.265 e. The molecule has 1 heterocycles. The van der Waals surface area contributed by atoms with Crippen LogP contribution in [0.1, 0.15) is 18.2 Å². The third-order valence-corrected chi connectivity index (χ3v) is 3.62. The summed E-state index contributed by atoms with van der Waals surface area (Å²) in [5.41, 5.74) is 2.73. The molecule has 2 rings (SSSR count). The Morgan fingerprint density at radius 3 is 2.71 bits per heavy atom. The summed E-state index contributed by atoms with van der Waals surface area (Å²) < 4.78 is 0.496. The van der Waals surface area contributed by atoms with Gasteiger partial charge in [0.25, 0.3) is 5.56 Å². The van der Waals surface area contributed by atoms with E-state index in [2.05, 4.69) is 32.8 Å². The highest BCUT2D eigenvalue weighted by Crippen LogP contribution is 2.21. The lowest BCUT2D eigenvalue weighted by Gasteiger charge is -2.07. The van der Waals surface area contributed by atoms with E-state index in [4.69, 9.17) is 0 Å². The normalized spacial score (nSPS) is 10.5. The molecule has 1 aromatic heterocycles. The first-order chi connectivity index (χ1) is 8.13. The van der Waals surface area contributed by atoms with E-state index in [0.29, 0.717) is 16.0 Å². The Morgan fingerprint density at radius 1 is 1.35 bits per heavy atom. The highest BCUT2D eigenvalue weighted by Gasteiger charge is 2.09. The summed E-state index contributed by atoms with van der Waals surface area (Å²) in [5.74, 6) is 0.633. The van der Waals surface area contributed by atoms with Crippen molar-refractivity contribution in [2.75, 3.05) is 0 Å². The number of hydrogen-bond acceptors (Lipinski definition) is 2. The molecule has 0 aliphatic carbocycles. The number of H-pyrrole nitrogens is 1. The summed E-state index contributed by atoms with van der Waals surface area (Å²) in [6, 6.07) is 7.97. The molecule has 1 N–H and O–H groups in total. The quantitative estimate of drug-likeness (QED) is 0.925. The Labute approximate surface area is 108 Å². The molecular formula is C13H13BrN2O. The molecule has 3 nitrogen and oxygen atoms in total. The van der Waals surface area contributed by atoms with Crippen molar-refractivity contribution in [2.45, 2.75) is 20.3 Å². The SMILES string of the molecule is CCc1ccccc1-c1nc(C)c(Br)c(=O)[nH]1. The van der Waals surface area contributed by atoms with E-state index >= 15 is 0 Å². The van der Waals surface area contributed by atoms with Crippen molar-refractivity contribution in [3.05, 3.63) is 50.3 Å². The number of aromatic nitrogens is 2. The van der Waals surface area contributed by atoms with Crippen LogP contribution in [-0.2, 0) is 6.42 Å². The van der Waals surface area contributed by atoms with Gasteiger partial charge >= 0.3 is 0 Å². The lowest BCUT2D eigenvalue weighted by Crippen LogP contribution is -2.12. The summed E-state index contributed by atoms with van der Waals surface area (Å²) in [6.45, 7) is 3.90. The maximum Gasteiger partial charge on any atom is 0.265 e. The molecule has 0 amide bonds. The topological polar surface area (TPSA) is 45.8 Å². The molecule has 4 heteroatoms. The Hall–Kier alpha value is -1.42. The second-order valence-electron chi connectivity index (χ2n) is 3.82. The molecule has 1 aromatic carbocycles. The first kappa shape index (κ1) is 12.0. The Kier molecular flexibility index (Phi) is 3.43. The fourth-order valence-corrected chi connectivity index (χ4v) is 1.95. The summed E-state index contributed by atoms with van der Waals surface area (Å²) in [6.07, 6.45) is 0.912. The summed E-state index contributed by atoms with van der Waals surface area (Å²) in [7, 11) is 0. The minimum absolute atomic E-state index is 0.140. The van der Waals surface area contributed by atoms with Crippen LogP contribution in [0.4, 0.5) is 0 Å². The van der Waals surface area contributed by atoms with Crippen molar-refractivity contribution in [3.63, 3.8) is 0 Å². The Bertz CT molecular complexity index is 605. The van der Waals surface area contributed by atoms with E-state index in [9.17, 15) is 4.79 Å². The highest BCUT2D eigenvalue weighted by molar-refractivity contribution is 9.10. The van der Waals surface area contributed by atoms with Crippen LogP contribution in [0.15, 0.2) is 33.5 Å². The average Bonchev–Trinajstić information content (AvgIpc) is 2.35. The van der Waals surface area contributed by atoms with Crippen LogP contribution in [0.2, 0.25) is 0 Å². The fraction of sp³-hybridized carbons (Fsp3) is 0.231. The number of rotatable bonds is 2. The van der Waals surface area contributed by atoms with Crippen LogP contribution in [0.25, 0.3) is 11.4 Å². The predicted molar refractivity (Wildman–Crippen MR) is 72.1 cm³/mol. The van der Waals surface area contributed by atoms with Gasteiger partial charge in [-0.25, -0.2) is 4.98 Å². The molecule has 0 aliphatic rings. The number of halogens is 1. The minimum Gasteiger partial charge on any atom is -0.306 e. The van der Waals surface area contributed by atoms with Crippen molar-refractivity contribution >= 4 is 15.9 Å². The van der Waals surface area contributed by atoms with Crippen LogP contribution >= 0.6 is 15.9 Å². The number of hydrogen-bond donors (Lipinski definition) is 1. The number of nitrogens with zero attached hydrogens (tertiary/aromatic N) is 1. The van der Waals surface area contributed by atoms with Crippen LogP contribution < -0.4 is 5.56 Å². The van der Waals surface area contributed by atoms with E-state index in [1.807, 2.05) is 31.2 Å². The summed E-state index contributed by atoms with van der Waals surface area (Å²) in [4.78, 5) is 18.9. The van der Waals surface area contributed by atoms with Crippen LogP contribution in [0.3, 0.4) is 0 Å². The van der Waals surface area contributed by atoms with Gasteiger partial charge in [0.2, 0.25) is 0 Å². The van der Waals surface area contributed by atoms with Gasteiger partial charge in [-0.15, -0.1) is 0 Å². The second kappa shape index (κ2) is 4.84. The maximum atomic E-state index is 11.7. The maximum absolute atomic E-state index is 11.7. The largest absolute Gasteiger partial charge is 0.306 e. The van der Waals surface area contributed by atoms with Gasteiger partial charge in [0, 0.05) is 5.56 Å². The van der Waals surface area contributed by atoms with E-state index in [-0.39, 0.29) is 5.56 Å². The molecule has 88 valence electrons. The van der Waals surface area contributed by atoms with Gasteiger partial charge < -0.3 is 4.98 Å². The van der Waals surface area contributed by atoms with Crippen molar-refractivity contribution in [1.82, 2.24) is 9.97 Å². The first-order valence-electron chi connectivity index (χ1n) is 5.48. The number of nitrogens with one attached hydrogen (secondary N) is 1. The first-order valence-corrected chi connectivity index (χ1v) is 6.27. The van der Waals surface area contributed by atoms with Gasteiger partial charge in [0.1, 0.15) is 10.3 Å². The zero-order valence-corrected chi connectivity index (χ0v) is 11.3. The van der Waals surface area contributed by atoms with Crippen molar-refractivity contribution in [3.8, 4) is 11.4 Å². The predicted octanol–water partition coefficient (Wildman–Crippen LogP) is 3.07. The lowest BCUT2D eigenvalue weighted by atomic mass is 10.0. The fourth-order valence-electron chi connectivity index (χ4n) is 1.76. The molecule has 0 saturated carbocycles. The molecule has 17 heavy (non-hydrogen) atoms. The number of benzene rings is 1. The molecule has 0 aliphatic heterocycles. The summed E-state index contributed by atoms with van der Waals surface area (Å²) >= 11 is 3.22. The van der Waals surface area contributed by atoms with Gasteiger partial charge in [-0.05, 0) is 34.8 Å². The molecule has 0 spiro atoms. The van der Waals surface area contributed by atoms with Crippen LogP contribution in [0.5, 0.6) is 0 Å². The molecule has 0 saturated heterocycles. The molecule has 0 fully saturated rings. The van der Waals surface area contributed by atoms with E-state index in [1.54, 1.807) is 0 Å². The van der Waals surface area contributed by atoms with Gasteiger partial charge in [-0.1, -0.05) is 31.2 Å². The minimum atomic E-state index is -0.140. The van der Waals surface area contributed by atoms with Crippen molar-refractivity contribution in [1.29, 1.82) is 0 Å². The van der Waals surface area contributed by atoms with Crippen LogP contribution in [-0.4, -0.2) is 9.97 Å². The third-order valence-electron chi connectivity index (χ3n) is 2.68. The molecule has 0 atom stereocenters. The molecular weight excluding hydrogens is 280 g/mol. The van der Waals surface area contributed by atoms with Crippen molar-refractivity contribution in [2.24, 2.45) is 0 Å². The van der Waals surface area contributed by atoms with E-state index in [0.717, 1.165) is 12.0 Å². The molecule has 0 unspecified atom stereocenters. The number of aromatic amines is 1. The highest BCUT2D eigenvalue weighted by atomic mass is 79.9. The molecule has 0 bridgehead atoms. The Balaban J connectivity index is 2.65. The van der Waals surface area contributed by atoms with Gasteiger partial charge in [0.05, 0.1) is 5.69 Å². The Morgan fingerprint density at radius 2 is 2.06 bits per heavy atom. The van der Waals surface area contributed by atoms with Gasteiger partial charge in [-0.2, -0.15) is 0 Å². The molecule has 2 aromatic rings. The summed E-state index contributed by atoms with van der Waals surface area (Å²) in [5, 5.41) is 0. The second-order valence-corrected chi connectivity index (χ2v) is 4.62. The third kappa shape index (κ3) is 2.31. The standard InChI is InChI=1S/C13H13BrN2O/c1-3-9-6-4-5-7-10(9)12-15-8(2)11(14)13(17)16-12/h4-7H,3H2,1-2H3,(H,15,16,17). The van der Waals surface area contributed by atoms with E-state index < -0.39 is 0 Å². The van der Waals surface area contributed by atoms with E-state index in [1.165, 1.54) is 5.56 Å². The zero-order chi connectivity index (χ0) is 12.4. The average molecular weight is 293 g/mol. The molecule has 0 radical (unpaired) electrons. The zero-order valence-electron chi connectivity index (χ0n) is 9.75. The van der Waals surface area contributed by atoms with Crippen molar-refractivity contribution < 1.29 is 0 Å².